The Kier molecular flexibility index (Phi) is 4.73. The normalized spacial score (nSPS) is 12.0. The Balaban J connectivity index is 3.35. The molecule has 1 atom stereocenters. The fraction of sp³-hybridized carbons (Fsp3) is 0.385. The van der Waals surface area contributed by atoms with Crippen LogP contribution in [0, 0.1) is 13.8 Å². The molecule has 5 heteroatoms. The van der Waals surface area contributed by atoms with Crippen molar-refractivity contribution < 1.29 is 9.59 Å². The summed E-state index contributed by atoms with van der Waals surface area (Å²) >= 11 is 5.61. The third-order valence-electron chi connectivity index (χ3n) is 2.86. The number of primary amides is 1. The number of aryl methyl sites for hydroxylation is 2. The van der Waals surface area contributed by atoms with Gasteiger partial charge in [0.1, 0.15) is 11.9 Å². The lowest BCUT2D eigenvalue weighted by Gasteiger charge is -2.29. The van der Waals surface area contributed by atoms with E-state index in [-0.39, 0.29) is 11.8 Å². The van der Waals surface area contributed by atoms with Crippen LogP contribution in [0.4, 0.5) is 5.69 Å². The molecule has 0 spiro atoms. The minimum absolute atomic E-state index is 0.189. The maximum atomic E-state index is 11.9. The highest BCUT2D eigenvalue weighted by atomic mass is 35.5. The van der Waals surface area contributed by atoms with Crippen LogP contribution in [0.2, 0.25) is 0 Å². The lowest BCUT2D eigenvalue weighted by Crippen LogP contribution is -2.47. The average Bonchev–Trinajstić information content (AvgIpc) is 2.32. The van der Waals surface area contributed by atoms with Gasteiger partial charge in [-0.1, -0.05) is 18.2 Å². The number of hydrogen-bond acceptors (Lipinski definition) is 2. The summed E-state index contributed by atoms with van der Waals surface area (Å²) in [5, 5.41) is 0. The predicted octanol–water partition coefficient (Wildman–Crippen LogP) is 1.75. The molecule has 0 aliphatic heterocycles. The SMILES string of the molecule is Cc1cccc(C)c1N(C(=O)CCl)C(C)C(N)=O. The topological polar surface area (TPSA) is 63.4 Å². The number of carbonyl (C=O) groups excluding carboxylic acids is 2. The number of halogens is 1. The van der Waals surface area contributed by atoms with Gasteiger partial charge < -0.3 is 5.73 Å². The monoisotopic (exact) mass is 268 g/mol. The first-order valence-corrected chi connectivity index (χ1v) is 6.17. The first-order valence-electron chi connectivity index (χ1n) is 5.63. The van der Waals surface area contributed by atoms with Crippen molar-refractivity contribution in [3.63, 3.8) is 0 Å². The molecule has 1 unspecified atom stereocenters. The second-order valence-corrected chi connectivity index (χ2v) is 4.48. The van der Waals surface area contributed by atoms with Gasteiger partial charge in [-0.3, -0.25) is 14.5 Å². The summed E-state index contributed by atoms with van der Waals surface area (Å²) in [4.78, 5) is 24.7. The number of para-hydroxylation sites is 1. The molecule has 18 heavy (non-hydrogen) atoms. The van der Waals surface area contributed by atoms with Crippen LogP contribution in [0.25, 0.3) is 0 Å². The van der Waals surface area contributed by atoms with E-state index in [0.29, 0.717) is 5.69 Å². The number of carbonyl (C=O) groups is 2. The number of nitrogens with zero attached hydrogens (tertiary/aromatic N) is 1. The van der Waals surface area contributed by atoms with E-state index >= 15 is 0 Å². The number of rotatable bonds is 4. The van der Waals surface area contributed by atoms with E-state index in [0.717, 1.165) is 11.1 Å². The molecular formula is C13H17ClN2O2. The Hall–Kier alpha value is -1.55. The van der Waals surface area contributed by atoms with Crippen LogP contribution in [-0.2, 0) is 9.59 Å². The molecule has 0 fully saturated rings. The molecule has 0 heterocycles. The van der Waals surface area contributed by atoms with Crippen LogP contribution in [-0.4, -0.2) is 23.7 Å². The fourth-order valence-corrected chi connectivity index (χ4v) is 2.04. The zero-order valence-electron chi connectivity index (χ0n) is 10.7. The maximum Gasteiger partial charge on any atom is 0.242 e. The highest BCUT2D eigenvalue weighted by Crippen LogP contribution is 2.26. The van der Waals surface area contributed by atoms with E-state index in [4.69, 9.17) is 17.3 Å². The van der Waals surface area contributed by atoms with E-state index < -0.39 is 11.9 Å². The van der Waals surface area contributed by atoms with E-state index in [9.17, 15) is 9.59 Å². The number of benzene rings is 1. The van der Waals surface area contributed by atoms with Crippen molar-refractivity contribution in [2.45, 2.75) is 26.8 Å². The van der Waals surface area contributed by atoms with Gasteiger partial charge in [-0.15, -0.1) is 11.6 Å². The third-order valence-corrected chi connectivity index (χ3v) is 3.09. The second-order valence-electron chi connectivity index (χ2n) is 4.22. The molecule has 0 saturated carbocycles. The minimum Gasteiger partial charge on any atom is -0.368 e. The standard InChI is InChI=1S/C13H17ClN2O2/c1-8-5-4-6-9(2)12(8)16(11(17)7-14)10(3)13(15)18/h4-6,10H,7H2,1-3H3,(H2,15,18). The molecule has 0 aliphatic carbocycles. The third kappa shape index (κ3) is 2.82. The average molecular weight is 269 g/mol. The number of alkyl halides is 1. The van der Waals surface area contributed by atoms with Gasteiger partial charge in [0.15, 0.2) is 0 Å². The molecule has 1 aromatic carbocycles. The number of anilines is 1. The van der Waals surface area contributed by atoms with Gasteiger partial charge in [0.2, 0.25) is 11.8 Å². The second kappa shape index (κ2) is 5.87. The first kappa shape index (κ1) is 14.5. The van der Waals surface area contributed by atoms with Crippen molar-refractivity contribution in [2.24, 2.45) is 5.73 Å². The van der Waals surface area contributed by atoms with Gasteiger partial charge >= 0.3 is 0 Å². The quantitative estimate of drug-likeness (QED) is 0.846. The highest BCUT2D eigenvalue weighted by molar-refractivity contribution is 6.30. The molecule has 0 bridgehead atoms. The molecule has 2 amide bonds. The van der Waals surface area contributed by atoms with Crippen LogP contribution in [0.5, 0.6) is 0 Å². The van der Waals surface area contributed by atoms with Gasteiger partial charge in [-0.25, -0.2) is 0 Å². The molecule has 0 radical (unpaired) electrons. The van der Waals surface area contributed by atoms with Crippen molar-refractivity contribution >= 4 is 29.1 Å². The van der Waals surface area contributed by atoms with E-state index in [1.54, 1.807) is 6.92 Å². The lowest BCUT2D eigenvalue weighted by atomic mass is 10.1. The predicted molar refractivity (Wildman–Crippen MR) is 72.8 cm³/mol. The molecule has 1 aromatic rings. The van der Waals surface area contributed by atoms with Crippen LogP contribution >= 0.6 is 11.6 Å². The number of hydrogen-bond donors (Lipinski definition) is 1. The Labute approximate surface area is 112 Å². The summed E-state index contributed by atoms with van der Waals surface area (Å²) < 4.78 is 0. The van der Waals surface area contributed by atoms with Crippen molar-refractivity contribution in [3.05, 3.63) is 29.3 Å². The lowest BCUT2D eigenvalue weighted by molar-refractivity contribution is -0.123. The van der Waals surface area contributed by atoms with Crippen LogP contribution in [0.1, 0.15) is 18.1 Å². The Morgan fingerprint density at radius 2 is 1.83 bits per heavy atom. The Morgan fingerprint density at radius 1 is 1.33 bits per heavy atom. The molecule has 1 rings (SSSR count). The summed E-state index contributed by atoms with van der Waals surface area (Å²) in [6.45, 7) is 5.35. The van der Waals surface area contributed by atoms with Crippen molar-refractivity contribution in [1.29, 1.82) is 0 Å². The van der Waals surface area contributed by atoms with Crippen molar-refractivity contribution in [3.8, 4) is 0 Å². The van der Waals surface area contributed by atoms with Gasteiger partial charge in [-0.05, 0) is 31.9 Å². The summed E-state index contributed by atoms with van der Waals surface area (Å²) in [7, 11) is 0. The van der Waals surface area contributed by atoms with Crippen molar-refractivity contribution in [1.82, 2.24) is 0 Å². The minimum atomic E-state index is -0.726. The maximum absolute atomic E-state index is 11.9. The largest absolute Gasteiger partial charge is 0.368 e. The van der Waals surface area contributed by atoms with Gasteiger partial charge in [0.25, 0.3) is 0 Å². The molecule has 2 N–H and O–H groups in total. The van der Waals surface area contributed by atoms with Gasteiger partial charge in [0.05, 0.1) is 5.69 Å². The zero-order chi connectivity index (χ0) is 13.9. The Bertz CT molecular complexity index is 454. The zero-order valence-corrected chi connectivity index (χ0v) is 11.5. The summed E-state index contributed by atoms with van der Waals surface area (Å²) in [5.41, 5.74) is 7.80. The Morgan fingerprint density at radius 3 is 2.22 bits per heavy atom. The molecule has 0 saturated heterocycles. The van der Waals surface area contributed by atoms with Gasteiger partial charge in [0, 0.05) is 0 Å². The van der Waals surface area contributed by atoms with E-state index in [1.807, 2.05) is 32.0 Å². The van der Waals surface area contributed by atoms with Gasteiger partial charge in [-0.2, -0.15) is 0 Å². The number of nitrogens with two attached hydrogens (primary N) is 1. The van der Waals surface area contributed by atoms with E-state index in [2.05, 4.69) is 0 Å². The molecule has 0 aliphatic rings. The molecular weight excluding hydrogens is 252 g/mol. The molecule has 4 nitrogen and oxygen atoms in total. The van der Waals surface area contributed by atoms with Crippen molar-refractivity contribution in [2.75, 3.05) is 10.8 Å². The van der Waals surface area contributed by atoms with E-state index in [1.165, 1.54) is 4.90 Å². The fourth-order valence-electron chi connectivity index (χ4n) is 1.91. The van der Waals surface area contributed by atoms with Crippen LogP contribution in [0.3, 0.4) is 0 Å². The summed E-state index contributed by atoms with van der Waals surface area (Å²) in [5.74, 6) is -1.08. The number of amides is 2. The molecule has 0 aromatic heterocycles. The highest BCUT2D eigenvalue weighted by Gasteiger charge is 2.27. The van der Waals surface area contributed by atoms with Crippen LogP contribution in [0.15, 0.2) is 18.2 Å². The summed E-state index contributed by atoms with van der Waals surface area (Å²) in [6.07, 6.45) is 0. The smallest absolute Gasteiger partial charge is 0.242 e. The first-order chi connectivity index (χ1) is 8.40. The molecule has 98 valence electrons. The summed E-state index contributed by atoms with van der Waals surface area (Å²) in [6, 6.07) is 4.93. The van der Waals surface area contributed by atoms with Crippen LogP contribution < -0.4 is 10.6 Å².